The Morgan fingerprint density at radius 3 is 2.27 bits per heavy atom. The van der Waals surface area contributed by atoms with Crippen molar-refractivity contribution >= 4 is 0 Å². The average Bonchev–Trinajstić information content (AvgIpc) is 2.50. The summed E-state index contributed by atoms with van der Waals surface area (Å²) in [5, 5.41) is 4.79. The van der Waals surface area contributed by atoms with Gasteiger partial charge >= 0.3 is 0 Å². The number of nitrogens with zero attached hydrogens (tertiary/aromatic N) is 1. The molecule has 1 heteroatoms. The molecule has 11 heavy (non-hydrogen) atoms. The first-order valence-electron chi connectivity index (χ1n) is 5.01. The van der Waals surface area contributed by atoms with Crippen LogP contribution in [0.1, 0.15) is 52.4 Å². The quantitative estimate of drug-likeness (QED) is 0.591. The molecular weight excluding hydrogens is 134 g/mol. The summed E-state index contributed by atoms with van der Waals surface area (Å²) in [6.07, 6.45) is 7.98. The van der Waals surface area contributed by atoms with E-state index in [-0.39, 0.29) is 0 Å². The normalized spacial score (nSPS) is 22.4. The Hall–Kier alpha value is -0.0400. The summed E-state index contributed by atoms with van der Waals surface area (Å²) in [6.45, 7) is 5.57. The predicted molar refractivity (Wildman–Crippen MR) is 48.8 cm³/mol. The summed E-state index contributed by atoms with van der Waals surface area (Å²) in [5.41, 5.74) is 0.413. The van der Waals surface area contributed by atoms with Crippen LogP contribution in [0.2, 0.25) is 0 Å². The zero-order chi connectivity index (χ0) is 8.16. The fourth-order valence-corrected chi connectivity index (χ4v) is 2.01. The number of rotatable bonds is 4. The van der Waals surface area contributed by atoms with Gasteiger partial charge in [0.15, 0.2) is 0 Å². The van der Waals surface area contributed by atoms with Gasteiger partial charge in [-0.25, -0.2) is 5.32 Å². The van der Waals surface area contributed by atoms with Crippen LogP contribution in [0, 0.1) is 0 Å². The van der Waals surface area contributed by atoms with Gasteiger partial charge in [-0.3, -0.25) is 0 Å². The summed E-state index contributed by atoms with van der Waals surface area (Å²) in [5.74, 6) is 0. The third kappa shape index (κ3) is 2.19. The summed E-state index contributed by atoms with van der Waals surface area (Å²) in [4.78, 5) is 0. The minimum Gasteiger partial charge on any atom is -0.235 e. The molecule has 1 aliphatic carbocycles. The van der Waals surface area contributed by atoms with Crippen LogP contribution in [-0.4, -0.2) is 12.1 Å². The molecule has 1 rings (SSSR count). The van der Waals surface area contributed by atoms with E-state index in [9.17, 15) is 0 Å². The Morgan fingerprint density at radius 1 is 1.18 bits per heavy atom. The lowest BCUT2D eigenvalue weighted by molar-refractivity contribution is 0.313. The smallest absolute Gasteiger partial charge is 0.0354 e. The Balaban J connectivity index is 2.33. The van der Waals surface area contributed by atoms with E-state index in [1.807, 2.05) is 0 Å². The lowest BCUT2D eigenvalue weighted by atomic mass is 9.94. The van der Waals surface area contributed by atoms with E-state index in [4.69, 9.17) is 5.32 Å². The van der Waals surface area contributed by atoms with Crippen LogP contribution >= 0.6 is 0 Å². The highest BCUT2D eigenvalue weighted by Gasteiger charge is 2.31. The molecule has 0 unspecified atom stereocenters. The number of hydrogen-bond donors (Lipinski definition) is 0. The van der Waals surface area contributed by atoms with E-state index in [2.05, 4.69) is 13.8 Å². The van der Waals surface area contributed by atoms with Crippen molar-refractivity contribution in [1.82, 2.24) is 5.32 Å². The van der Waals surface area contributed by atoms with Crippen LogP contribution in [0.25, 0.3) is 0 Å². The summed E-state index contributed by atoms with van der Waals surface area (Å²) < 4.78 is 0. The van der Waals surface area contributed by atoms with Gasteiger partial charge in [0.2, 0.25) is 0 Å². The molecule has 65 valence electrons. The molecule has 1 aliphatic rings. The SMILES string of the molecule is CCC[N]C1(CC)CCCC1. The maximum atomic E-state index is 4.79. The highest BCUT2D eigenvalue weighted by atomic mass is 15.0. The van der Waals surface area contributed by atoms with Crippen molar-refractivity contribution in [2.45, 2.75) is 57.9 Å². The van der Waals surface area contributed by atoms with Gasteiger partial charge < -0.3 is 0 Å². The third-order valence-electron chi connectivity index (χ3n) is 2.86. The molecule has 0 heterocycles. The largest absolute Gasteiger partial charge is 0.235 e. The van der Waals surface area contributed by atoms with Crippen LogP contribution in [-0.2, 0) is 0 Å². The van der Waals surface area contributed by atoms with Crippen LogP contribution < -0.4 is 5.32 Å². The van der Waals surface area contributed by atoms with Gasteiger partial charge in [0.25, 0.3) is 0 Å². The second-order valence-electron chi connectivity index (χ2n) is 3.67. The second kappa shape index (κ2) is 4.10. The first kappa shape index (κ1) is 9.05. The first-order chi connectivity index (χ1) is 5.33. The van der Waals surface area contributed by atoms with Crippen molar-refractivity contribution in [2.75, 3.05) is 6.54 Å². The molecule has 0 aliphatic heterocycles. The Labute approximate surface area is 70.6 Å². The molecule has 0 aromatic heterocycles. The van der Waals surface area contributed by atoms with Crippen LogP contribution in [0.4, 0.5) is 0 Å². The Bertz CT molecular complexity index is 103. The standard InChI is InChI=1S/C10H20N/c1-3-9-11-10(4-2)7-5-6-8-10/h3-9H2,1-2H3. The maximum absolute atomic E-state index is 4.79. The van der Waals surface area contributed by atoms with Crippen molar-refractivity contribution in [3.8, 4) is 0 Å². The fourth-order valence-electron chi connectivity index (χ4n) is 2.01. The molecule has 0 atom stereocenters. The topological polar surface area (TPSA) is 14.1 Å². The van der Waals surface area contributed by atoms with Gasteiger partial charge in [-0.1, -0.05) is 26.7 Å². The van der Waals surface area contributed by atoms with Crippen molar-refractivity contribution in [1.29, 1.82) is 0 Å². The van der Waals surface area contributed by atoms with E-state index in [1.54, 1.807) is 0 Å². The molecule has 0 N–H and O–H groups in total. The average molecular weight is 154 g/mol. The molecule has 0 spiro atoms. The molecule has 1 fully saturated rings. The van der Waals surface area contributed by atoms with Gasteiger partial charge in [-0.2, -0.15) is 0 Å². The summed E-state index contributed by atoms with van der Waals surface area (Å²) in [7, 11) is 0. The number of hydrogen-bond acceptors (Lipinski definition) is 0. The van der Waals surface area contributed by atoms with Crippen molar-refractivity contribution in [2.24, 2.45) is 0 Å². The Kier molecular flexibility index (Phi) is 3.38. The molecule has 1 radical (unpaired) electrons. The molecule has 0 aromatic carbocycles. The molecule has 0 bridgehead atoms. The van der Waals surface area contributed by atoms with Crippen LogP contribution in [0.15, 0.2) is 0 Å². The van der Waals surface area contributed by atoms with E-state index in [1.165, 1.54) is 38.5 Å². The van der Waals surface area contributed by atoms with Gasteiger partial charge in [-0.15, -0.1) is 0 Å². The molecular formula is C10H20N. The van der Waals surface area contributed by atoms with Crippen molar-refractivity contribution < 1.29 is 0 Å². The molecule has 0 saturated heterocycles. The minimum atomic E-state index is 0.413. The van der Waals surface area contributed by atoms with E-state index < -0.39 is 0 Å². The second-order valence-corrected chi connectivity index (χ2v) is 3.67. The van der Waals surface area contributed by atoms with E-state index in [0.717, 1.165) is 6.54 Å². The molecule has 1 nitrogen and oxygen atoms in total. The third-order valence-corrected chi connectivity index (χ3v) is 2.86. The predicted octanol–water partition coefficient (Wildman–Crippen LogP) is 2.72. The zero-order valence-electron chi connectivity index (χ0n) is 7.90. The van der Waals surface area contributed by atoms with Crippen molar-refractivity contribution in [3.05, 3.63) is 0 Å². The fraction of sp³-hybridized carbons (Fsp3) is 1.00. The van der Waals surface area contributed by atoms with E-state index in [0.29, 0.717) is 5.54 Å². The monoisotopic (exact) mass is 154 g/mol. The van der Waals surface area contributed by atoms with Gasteiger partial charge in [0, 0.05) is 12.1 Å². The highest BCUT2D eigenvalue weighted by Crippen LogP contribution is 2.33. The maximum Gasteiger partial charge on any atom is 0.0354 e. The van der Waals surface area contributed by atoms with Crippen LogP contribution in [0.3, 0.4) is 0 Å². The van der Waals surface area contributed by atoms with Gasteiger partial charge in [0.1, 0.15) is 0 Å². The summed E-state index contributed by atoms with van der Waals surface area (Å²) >= 11 is 0. The first-order valence-corrected chi connectivity index (χ1v) is 5.01. The van der Waals surface area contributed by atoms with Gasteiger partial charge in [0.05, 0.1) is 0 Å². The van der Waals surface area contributed by atoms with E-state index >= 15 is 0 Å². The van der Waals surface area contributed by atoms with Crippen molar-refractivity contribution in [3.63, 3.8) is 0 Å². The summed E-state index contributed by atoms with van der Waals surface area (Å²) in [6, 6.07) is 0. The lowest BCUT2D eigenvalue weighted by Gasteiger charge is -2.26. The van der Waals surface area contributed by atoms with Gasteiger partial charge in [-0.05, 0) is 25.7 Å². The Morgan fingerprint density at radius 2 is 1.82 bits per heavy atom. The lowest BCUT2D eigenvalue weighted by Crippen LogP contribution is -2.36. The highest BCUT2D eigenvalue weighted by molar-refractivity contribution is 4.90. The molecule has 0 aromatic rings. The zero-order valence-corrected chi connectivity index (χ0v) is 7.90. The molecule has 0 amide bonds. The minimum absolute atomic E-state index is 0.413. The van der Waals surface area contributed by atoms with Crippen LogP contribution in [0.5, 0.6) is 0 Å². The molecule has 1 saturated carbocycles.